The van der Waals surface area contributed by atoms with E-state index in [1.54, 1.807) is 72.8 Å². The quantitative estimate of drug-likeness (QED) is 0.0331. The summed E-state index contributed by atoms with van der Waals surface area (Å²) in [6.07, 6.45) is 0. The Labute approximate surface area is 482 Å². The number of carbonyl (C=O) groups is 6. The number of rotatable bonds is 19. The maximum Gasteiger partial charge on any atom is 0.525 e. The number of ether oxygens (including phenoxy) is 3. The lowest BCUT2D eigenvalue weighted by Crippen LogP contribution is -2.25. The molecule has 0 fully saturated rings. The number of phosphoric acid groups is 1. The second kappa shape index (κ2) is 27.2. The van der Waals surface area contributed by atoms with Crippen molar-refractivity contribution in [2.45, 2.75) is 27.4 Å². The lowest BCUT2D eigenvalue weighted by molar-refractivity contribution is 0.0808. The molecule has 84 heavy (non-hydrogen) atoms. The van der Waals surface area contributed by atoms with Gasteiger partial charge in [0.05, 0.1) is 27.9 Å². The highest BCUT2D eigenvalue weighted by Gasteiger charge is 2.38. The van der Waals surface area contributed by atoms with Gasteiger partial charge in [-0.1, -0.05) is 30.3 Å². The zero-order valence-corrected chi connectivity index (χ0v) is 49.8. The third-order valence-corrected chi connectivity index (χ3v) is 13.5. The number of carbonyl (C=O) groups excluding carboxylic acids is 6. The van der Waals surface area contributed by atoms with Crippen molar-refractivity contribution in [2.24, 2.45) is 0 Å². The van der Waals surface area contributed by atoms with Gasteiger partial charge < -0.3 is 58.4 Å². The first-order valence-corrected chi connectivity index (χ1v) is 28.3. The highest BCUT2D eigenvalue weighted by molar-refractivity contribution is 7.53. The van der Waals surface area contributed by atoms with Crippen LogP contribution in [0.3, 0.4) is 0 Å². The van der Waals surface area contributed by atoms with Crippen LogP contribution < -0.4 is 23.3 Å². The summed E-state index contributed by atoms with van der Waals surface area (Å²) in [7, 11) is 4.40. The Morgan fingerprint density at radius 2 is 0.738 bits per heavy atom. The van der Waals surface area contributed by atoms with Crippen molar-refractivity contribution in [1.29, 1.82) is 0 Å². The van der Waals surface area contributed by atoms with Gasteiger partial charge in [0.15, 0.2) is 57.4 Å². The predicted molar refractivity (Wildman–Crippen MR) is 306 cm³/mol. The van der Waals surface area contributed by atoms with E-state index in [2.05, 4.69) is 4.52 Å². The molecule has 26 nitrogen and oxygen atoms in total. The van der Waals surface area contributed by atoms with Crippen LogP contribution in [0, 0.1) is 0 Å². The van der Waals surface area contributed by atoms with Gasteiger partial charge in [-0.2, -0.15) is 0 Å². The van der Waals surface area contributed by atoms with Crippen LogP contribution in [0.2, 0.25) is 0 Å². The molecule has 6 N–H and O–H groups in total. The average Bonchev–Trinajstić information content (AvgIpc) is 4.04. The molecular weight excluding hydrogens is 1140 g/mol. The summed E-state index contributed by atoms with van der Waals surface area (Å²) < 4.78 is 59.1. The van der Waals surface area contributed by atoms with Gasteiger partial charge in [0.25, 0.3) is 17.7 Å². The van der Waals surface area contributed by atoms with Gasteiger partial charge >= 0.3 is 15.4 Å². The second-order valence-corrected chi connectivity index (χ2v) is 21.9. The van der Waals surface area contributed by atoms with E-state index in [9.17, 15) is 58.3 Å². The summed E-state index contributed by atoms with van der Waals surface area (Å²) in [6, 6.07) is 28.3. The fourth-order valence-electron chi connectivity index (χ4n) is 8.03. The fraction of sp³-hybridized carbons (Fsp3) is 0.250. The summed E-state index contributed by atoms with van der Waals surface area (Å²) in [6.45, 7) is 4.86. The Balaban J connectivity index is 0.000000235. The number of hydrogen-bond donors (Lipinski definition) is 6. The topological polar surface area (TPSA) is 338 Å². The summed E-state index contributed by atoms with van der Waals surface area (Å²) in [5, 5.41) is 41.6. The number of amides is 3. The number of aromatic hydroxyl groups is 4. The van der Waals surface area contributed by atoms with Crippen molar-refractivity contribution in [3.8, 4) is 68.8 Å². The summed E-state index contributed by atoms with van der Waals surface area (Å²) >= 11 is 0. The molecule has 1 unspecified atom stereocenters. The fourth-order valence-corrected chi connectivity index (χ4v) is 9.39. The smallest absolute Gasteiger partial charge is 0.503 e. The molecule has 0 radical (unpaired) electrons. The monoisotopic (exact) mass is 1200 g/mol. The van der Waals surface area contributed by atoms with E-state index >= 15 is 0 Å². The van der Waals surface area contributed by atoms with Crippen LogP contribution in [-0.2, 0) is 20.3 Å². The molecule has 3 amide bonds. The van der Waals surface area contributed by atoms with E-state index in [0.717, 1.165) is 22.0 Å². The molecule has 4 aromatic carbocycles. The zero-order chi connectivity index (χ0) is 62.9. The number of methoxy groups -OCH3 is 3. The van der Waals surface area contributed by atoms with Crippen LogP contribution >= 0.6 is 15.4 Å². The van der Waals surface area contributed by atoms with E-state index in [1.807, 2.05) is 18.2 Å². The van der Waals surface area contributed by atoms with Crippen molar-refractivity contribution in [1.82, 2.24) is 28.4 Å². The maximum absolute atomic E-state index is 13.2. The first-order chi connectivity index (χ1) is 39.3. The van der Waals surface area contributed by atoms with Crippen molar-refractivity contribution < 1.29 is 95.9 Å². The molecule has 7 rings (SSSR count). The van der Waals surface area contributed by atoms with E-state index in [0.29, 0.717) is 28.6 Å². The van der Waals surface area contributed by atoms with E-state index in [4.69, 9.17) is 33.0 Å². The normalized spacial score (nSPS) is 11.6. The maximum atomic E-state index is 13.2. The Hall–Kier alpha value is -9.32. The van der Waals surface area contributed by atoms with Gasteiger partial charge in [-0.25, -0.2) is 9.13 Å². The Morgan fingerprint density at radius 1 is 0.440 bits per heavy atom. The van der Waals surface area contributed by atoms with Crippen LogP contribution in [0.5, 0.6) is 51.7 Å². The molecule has 448 valence electrons. The Bertz CT molecular complexity index is 3680. The molecule has 0 spiro atoms. The number of ketones is 3. The molecule has 0 aliphatic heterocycles. The molecule has 3 heterocycles. The standard InChI is InChI=1S/C24H27N2O7P.C16H19N2O8P.C16H18N2O5/c1-16(27)20-22(28)23(33-34(5,30)32-15-17-9-7-6-8-10-17)21(24(29)25(2)3)26(20)18-11-13-19(31-4)14-12-18;1-9(19)12-14(20)15(26-27(22,23)24)13(16(21)17(2)3)18(12)10-5-7-11(25-4)8-6-10;1-9(19)12-14(20)15(21)13(16(22)17(2)3)18(12)10-5-7-11(23-4)8-6-10/h6-14,28H,15H2,1-5H3;5-8,20H,1-4H3,(H2,22,23,24);5-8,20-21H,1-4H3. The van der Waals surface area contributed by atoms with E-state index < -0.39 is 90.7 Å². The van der Waals surface area contributed by atoms with Gasteiger partial charge in [0.2, 0.25) is 11.5 Å². The van der Waals surface area contributed by atoms with Crippen LogP contribution in [-0.4, -0.2) is 164 Å². The van der Waals surface area contributed by atoms with E-state index in [1.165, 1.54) is 115 Å². The zero-order valence-electron chi connectivity index (χ0n) is 48.0. The van der Waals surface area contributed by atoms with Crippen LogP contribution in [0.25, 0.3) is 17.1 Å². The summed E-state index contributed by atoms with van der Waals surface area (Å²) in [4.78, 5) is 96.7. The molecule has 0 saturated carbocycles. The molecule has 3 aromatic heterocycles. The first-order valence-electron chi connectivity index (χ1n) is 24.8. The number of nitrogens with zero attached hydrogens (tertiary/aromatic N) is 6. The third-order valence-electron chi connectivity index (χ3n) is 11.9. The van der Waals surface area contributed by atoms with Crippen molar-refractivity contribution in [2.75, 3.05) is 70.3 Å². The van der Waals surface area contributed by atoms with Crippen molar-refractivity contribution >= 4 is 50.5 Å². The van der Waals surface area contributed by atoms with Crippen LogP contribution in [0.1, 0.15) is 89.3 Å². The van der Waals surface area contributed by atoms with Gasteiger partial charge in [-0.15, -0.1) is 0 Å². The van der Waals surface area contributed by atoms with Gasteiger partial charge in [0, 0.05) is 86.8 Å². The SMILES string of the molecule is COc1ccc(-n2c(C(C)=O)c(O)c(O)c2C(=O)N(C)C)cc1.COc1ccc(-n2c(C(C)=O)c(O)c(OP(=O)(O)O)c2C(=O)N(C)C)cc1.COc1ccc(-n2c(C(C)=O)c(O)c(OP(C)(=O)OCc3ccccc3)c2C(=O)N(C)C)cc1. The van der Waals surface area contributed by atoms with Crippen molar-refractivity contribution in [3.63, 3.8) is 0 Å². The predicted octanol–water partition coefficient (Wildman–Crippen LogP) is 7.88. The van der Waals surface area contributed by atoms with Crippen molar-refractivity contribution in [3.05, 3.63) is 143 Å². The second-order valence-electron chi connectivity index (χ2n) is 18.7. The molecular formula is C56H64N6O20P2. The number of phosphoric ester groups is 1. The minimum absolute atomic E-state index is 0.00884. The lowest BCUT2D eigenvalue weighted by Gasteiger charge is -2.18. The Kier molecular flexibility index (Phi) is 21.2. The molecule has 7 aromatic rings. The molecule has 0 saturated heterocycles. The Morgan fingerprint density at radius 3 is 1.05 bits per heavy atom. The molecule has 28 heteroatoms. The molecule has 0 bridgehead atoms. The van der Waals surface area contributed by atoms with E-state index in [-0.39, 0.29) is 40.8 Å². The summed E-state index contributed by atoms with van der Waals surface area (Å²) in [5.74, 6) is -5.67. The summed E-state index contributed by atoms with van der Waals surface area (Å²) in [5.41, 5.74) is 0.445. The molecule has 0 aliphatic rings. The average molecular weight is 1200 g/mol. The van der Waals surface area contributed by atoms with Crippen LogP contribution in [0.15, 0.2) is 103 Å². The van der Waals surface area contributed by atoms with Gasteiger partial charge in [-0.3, -0.25) is 56.8 Å². The number of benzene rings is 4. The largest absolute Gasteiger partial charge is 0.525 e. The molecule has 0 aliphatic carbocycles. The minimum Gasteiger partial charge on any atom is -0.503 e. The number of aromatic nitrogens is 3. The van der Waals surface area contributed by atoms with Crippen LogP contribution in [0.4, 0.5) is 0 Å². The van der Waals surface area contributed by atoms with Gasteiger partial charge in [0.1, 0.15) is 34.3 Å². The lowest BCUT2D eigenvalue weighted by atomic mass is 10.2. The van der Waals surface area contributed by atoms with Gasteiger partial charge in [-0.05, 0) is 78.4 Å². The number of Topliss-reactive ketones (excluding diaryl/α,β-unsaturated/α-hetero) is 3. The number of hydrogen-bond acceptors (Lipinski definition) is 18. The highest BCUT2D eigenvalue weighted by Crippen LogP contribution is 2.52. The molecule has 1 atom stereocenters. The highest BCUT2D eigenvalue weighted by atomic mass is 31.2. The third kappa shape index (κ3) is 14.8. The minimum atomic E-state index is -5.13. The first kappa shape index (κ1) is 65.5.